The molecule has 0 aliphatic carbocycles. The van der Waals surface area contributed by atoms with E-state index < -0.39 is 33.3 Å². The van der Waals surface area contributed by atoms with Crippen LogP contribution in [0.2, 0.25) is 0 Å². The van der Waals surface area contributed by atoms with Gasteiger partial charge in [-0.05, 0) is 19.9 Å². The number of anilines is 1. The van der Waals surface area contributed by atoms with Gasteiger partial charge >= 0.3 is 6.18 Å². The number of hydrogen-bond donors (Lipinski definition) is 0. The Morgan fingerprint density at radius 3 is 2.58 bits per heavy atom. The third kappa shape index (κ3) is 5.28. The summed E-state index contributed by atoms with van der Waals surface area (Å²) >= 11 is 0.852. The number of benzene rings is 1. The second kappa shape index (κ2) is 9.14. The molecule has 0 spiro atoms. The van der Waals surface area contributed by atoms with Gasteiger partial charge in [-0.15, -0.1) is 0 Å². The molecule has 0 radical (unpaired) electrons. The third-order valence-corrected chi connectivity index (χ3v) is 5.82. The first-order chi connectivity index (χ1) is 14.6. The Kier molecular flexibility index (Phi) is 6.74. The summed E-state index contributed by atoms with van der Waals surface area (Å²) in [5.41, 5.74) is -2.10. The van der Waals surface area contributed by atoms with E-state index in [1.807, 2.05) is 13.8 Å². The Hall–Kier alpha value is -2.80. The summed E-state index contributed by atoms with van der Waals surface area (Å²) in [6.07, 6.45) is -4.81. The van der Waals surface area contributed by atoms with Crippen LogP contribution in [0.4, 0.5) is 24.0 Å². The maximum absolute atomic E-state index is 13.1. The predicted molar refractivity (Wildman–Crippen MR) is 111 cm³/mol. The van der Waals surface area contributed by atoms with Crippen LogP contribution in [0.5, 0.6) is 0 Å². The van der Waals surface area contributed by atoms with Gasteiger partial charge in [0, 0.05) is 38.8 Å². The van der Waals surface area contributed by atoms with Crippen molar-refractivity contribution in [1.29, 1.82) is 0 Å². The van der Waals surface area contributed by atoms with Crippen molar-refractivity contribution in [2.24, 2.45) is 5.16 Å². The van der Waals surface area contributed by atoms with E-state index in [-0.39, 0.29) is 9.83 Å². The van der Waals surface area contributed by atoms with Gasteiger partial charge in [-0.3, -0.25) is 19.8 Å². The zero-order valence-corrected chi connectivity index (χ0v) is 17.6. The number of nitro groups is 1. The van der Waals surface area contributed by atoms with Crippen LogP contribution in [0.1, 0.15) is 19.4 Å². The first-order valence-electron chi connectivity index (χ1n) is 9.43. The highest BCUT2D eigenvalue weighted by Gasteiger charge is 2.34. The van der Waals surface area contributed by atoms with Crippen molar-refractivity contribution < 1.29 is 22.9 Å². The van der Waals surface area contributed by atoms with Crippen LogP contribution < -0.4 is 10.5 Å². The number of rotatable bonds is 6. The molecule has 0 bridgehead atoms. The van der Waals surface area contributed by atoms with Crippen molar-refractivity contribution in [3.05, 3.63) is 38.2 Å². The van der Waals surface area contributed by atoms with Crippen LogP contribution in [0.25, 0.3) is 10.1 Å². The van der Waals surface area contributed by atoms with Crippen molar-refractivity contribution >= 4 is 38.0 Å². The molecular weight excluding hydrogens is 439 g/mol. The first kappa shape index (κ1) is 22.9. The van der Waals surface area contributed by atoms with Gasteiger partial charge in [-0.25, -0.2) is 0 Å². The molecule has 168 valence electrons. The predicted octanol–water partition coefficient (Wildman–Crippen LogP) is 3.12. The van der Waals surface area contributed by atoms with E-state index in [0.717, 1.165) is 17.0 Å². The molecule has 0 unspecified atom stereocenters. The third-order valence-electron chi connectivity index (χ3n) is 4.66. The van der Waals surface area contributed by atoms with Gasteiger partial charge in [0.1, 0.15) is 11.3 Å². The van der Waals surface area contributed by atoms with Crippen LogP contribution in [-0.4, -0.2) is 59.8 Å². The number of alkyl halides is 3. The van der Waals surface area contributed by atoms with Crippen LogP contribution in [0.15, 0.2) is 22.1 Å². The Balaban J connectivity index is 1.87. The fourth-order valence-corrected chi connectivity index (χ4v) is 4.32. The number of nitro benzene ring substituents is 1. The molecule has 1 aromatic heterocycles. The Labute approximate surface area is 178 Å². The molecule has 1 aliphatic heterocycles. The van der Waals surface area contributed by atoms with Gasteiger partial charge < -0.3 is 9.74 Å². The minimum absolute atomic E-state index is 0.116. The molecule has 31 heavy (non-hydrogen) atoms. The van der Waals surface area contributed by atoms with E-state index in [1.165, 1.54) is 0 Å². The number of non-ortho nitro benzene ring substituents is 1. The summed E-state index contributed by atoms with van der Waals surface area (Å²) in [7, 11) is 0. The van der Waals surface area contributed by atoms with Gasteiger partial charge in [0.25, 0.3) is 11.2 Å². The maximum atomic E-state index is 13.1. The largest absolute Gasteiger partial charge is 0.416 e. The zero-order chi connectivity index (χ0) is 22.8. The van der Waals surface area contributed by atoms with Crippen molar-refractivity contribution in [3.8, 4) is 0 Å². The fourth-order valence-electron chi connectivity index (χ4n) is 3.20. The van der Waals surface area contributed by atoms with Crippen molar-refractivity contribution in [3.63, 3.8) is 0 Å². The first-order valence-corrected chi connectivity index (χ1v) is 10.2. The number of fused-ring (bicyclic) bond motifs is 1. The average Bonchev–Trinajstić information content (AvgIpc) is 2.71. The van der Waals surface area contributed by atoms with Gasteiger partial charge in [-0.1, -0.05) is 16.5 Å². The normalized spacial score (nSPS) is 16.0. The second-order valence-electron chi connectivity index (χ2n) is 6.94. The minimum atomic E-state index is -4.81. The number of piperazine rings is 1. The topological polar surface area (TPSA) is 101 Å². The van der Waals surface area contributed by atoms with E-state index >= 15 is 0 Å². The standard InChI is InChI=1S/C18H20F3N5O4S/c1-3-30-23-11(2)10-24-4-6-25(7-5-24)17-22-16(27)13-8-12(18(19,20)21)9-14(26(28)29)15(13)31-17/h8-9H,3-7,10H2,1-2H3/b23-11+. The Morgan fingerprint density at radius 2 is 2.00 bits per heavy atom. The summed E-state index contributed by atoms with van der Waals surface area (Å²) in [6, 6.07) is 1.08. The molecule has 1 saturated heterocycles. The molecule has 9 nitrogen and oxygen atoms in total. The summed E-state index contributed by atoms with van der Waals surface area (Å²) in [5, 5.41) is 15.2. The molecule has 2 heterocycles. The number of nitrogens with zero attached hydrogens (tertiary/aromatic N) is 5. The van der Waals surface area contributed by atoms with Crippen LogP contribution in [0.3, 0.4) is 0 Å². The van der Waals surface area contributed by atoms with Crippen molar-refractivity contribution in [2.45, 2.75) is 20.0 Å². The molecule has 0 atom stereocenters. The van der Waals surface area contributed by atoms with E-state index in [2.05, 4.69) is 15.0 Å². The number of halogens is 3. The van der Waals surface area contributed by atoms with Crippen molar-refractivity contribution in [2.75, 3.05) is 44.2 Å². The smallest absolute Gasteiger partial charge is 0.396 e. The highest BCUT2D eigenvalue weighted by atomic mass is 32.1. The van der Waals surface area contributed by atoms with E-state index in [9.17, 15) is 28.1 Å². The Bertz CT molecular complexity index is 1060. The molecule has 0 amide bonds. The minimum Gasteiger partial charge on any atom is -0.396 e. The highest BCUT2D eigenvalue weighted by molar-refractivity contribution is 7.22. The average molecular weight is 459 g/mol. The summed E-state index contributed by atoms with van der Waals surface area (Å²) in [5.74, 6) is 0. The van der Waals surface area contributed by atoms with Gasteiger partial charge in [0.05, 0.1) is 21.6 Å². The number of aromatic nitrogens is 1. The highest BCUT2D eigenvalue weighted by Crippen LogP contribution is 2.38. The molecular formula is C18H20F3N5O4S. The fraction of sp³-hybridized carbons (Fsp3) is 0.500. The molecule has 2 aromatic rings. The lowest BCUT2D eigenvalue weighted by Crippen LogP contribution is -2.48. The van der Waals surface area contributed by atoms with Crippen molar-refractivity contribution in [1.82, 2.24) is 9.88 Å². The van der Waals surface area contributed by atoms with Gasteiger partial charge in [-0.2, -0.15) is 18.2 Å². The summed E-state index contributed by atoms with van der Waals surface area (Å²) in [6.45, 7) is 7.06. The molecule has 13 heteroatoms. The van der Waals surface area contributed by atoms with E-state index in [1.54, 1.807) is 4.90 Å². The molecule has 0 N–H and O–H groups in total. The number of oxime groups is 1. The van der Waals surface area contributed by atoms with Gasteiger partial charge in [0.15, 0.2) is 5.13 Å². The molecule has 1 aromatic carbocycles. The van der Waals surface area contributed by atoms with E-state index in [4.69, 9.17) is 4.84 Å². The van der Waals surface area contributed by atoms with Crippen LogP contribution in [0, 0.1) is 10.1 Å². The summed E-state index contributed by atoms with van der Waals surface area (Å²) < 4.78 is 39.1. The Morgan fingerprint density at radius 1 is 1.32 bits per heavy atom. The summed E-state index contributed by atoms with van der Waals surface area (Å²) in [4.78, 5) is 35.8. The zero-order valence-electron chi connectivity index (χ0n) is 16.8. The molecule has 1 aliphatic rings. The lowest BCUT2D eigenvalue weighted by molar-refractivity contribution is -0.383. The quantitative estimate of drug-likeness (QED) is 0.372. The SMILES string of the molecule is CCO/N=C(\C)CN1CCN(c2nc(=O)c3cc(C(F)(F)F)cc([N+](=O)[O-])c3s2)CC1. The maximum Gasteiger partial charge on any atom is 0.416 e. The number of hydrogen-bond acceptors (Lipinski definition) is 9. The molecule has 1 fully saturated rings. The monoisotopic (exact) mass is 459 g/mol. The van der Waals surface area contributed by atoms with Gasteiger partial charge in [0.2, 0.25) is 0 Å². The molecule has 0 saturated carbocycles. The van der Waals surface area contributed by atoms with Crippen LogP contribution in [-0.2, 0) is 11.0 Å². The second-order valence-corrected chi connectivity index (χ2v) is 7.91. The van der Waals surface area contributed by atoms with E-state index in [0.29, 0.717) is 51.5 Å². The van der Waals surface area contributed by atoms with Crippen LogP contribution >= 0.6 is 11.3 Å². The molecule has 3 rings (SSSR count). The lowest BCUT2D eigenvalue weighted by atomic mass is 10.1. The lowest BCUT2D eigenvalue weighted by Gasteiger charge is -2.34.